The summed E-state index contributed by atoms with van der Waals surface area (Å²) < 4.78 is 11.0. The molecule has 0 fully saturated rings. The van der Waals surface area contributed by atoms with Crippen LogP contribution in [0.4, 0.5) is 5.13 Å². The van der Waals surface area contributed by atoms with Gasteiger partial charge in [0.15, 0.2) is 16.6 Å². The van der Waals surface area contributed by atoms with E-state index in [0.717, 1.165) is 23.6 Å². The molecule has 2 rings (SSSR count). The number of nitrogens with zero attached hydrogens (tertiary/aromatic N) is 1. The molecule has 1 aromatic carbocycles. The van der Waals surface area contributed by atoms with Crippen molar-refractivity contribution >= 4 is 16.5 Å². The summed E-state index contributed by atoms with van der Waals surface area (Å²) in [5.74, 6) is 1.47. The Bertz CT molecular complexity index is 525. The Morgan fingerprint density at radius 2 is 2.17 bits per heavy atom. The van der Waals surface area contributed by atoms with E-state index in [-0.39, 0.29) is 0 Å². The van der Waals surface area contributed by atoms with Crippen LogP contribution in [0.3, 0.4) is 0 Å². The summed E-state index contributed by atoms with van der Waals surface area (Å²) in [6.07, 6.45) is 0.971. The molecule has 4 nitrogen and oxygen atoms in total. The van der Waals surface area contributed by atoms with E-state index in [4.69, 9.17) is 15.2 Å². The first-order valence-electron chi connectivity index (χ1n) is 5.72. The van der Waals surface area contributed by atoms with Crippen LogP contribution >= 0.6 is 11.3 Å². The molecule has 0 aliphatic heterocycles. The van der Waals surface area contributed by atoms with Crippen LogP contribution in [0.2, 0.25) is 0 Å². The van der Waals surface area contributed by atoms with Crippen LogP contribution in [0.15, 0.2) is 23.6 Å². The van der Waals surface area contributed by atoms with Gasteiger partial charge in [0.1, 0.15) is 6.61 Å². The first kappa shape index (κ1) is 12.7. The molecule has 1 aromatic heterocycles. The fraction of sp³-hybridized carbons (Fsp3) is 0.308. The molecule has 96 valence electrons. The topological polar surface area (TPSA) is 57.4 Å². The van der Waals surface area contributed by atoms with Crippen LogP contribution in [0.5, 0.6) is 11.5 Å². The average Bonchev–Trinajstić information content (AvgIpc) is 2.82. The Morgan fingerprint density at radius 3 is 2.78 bits per heavy atom. The van der Waals surface area contributed by atoms with Crippen LogP contribution < -0.4 is 15.2 Å². The van der Waals surface area contributed by atoms with Crippen molar-refractivity contribution in [2.45, 2.75) is 20.0 Å². The summed E-state index contributed by atoms with van der Waals surface area (Å²) in [6, 6.07) is 5.95. The van der Waals surface area contributed by atoms with E-state index in [1.165, 1.54) is 16.9 Å². The van der Waals surface area contributed by atoms with Gasteiger partial charge >= 0.3 is 0 Å². The van der Waals surface area contributed by atoms with Gasteiger partial charge in [-0.15, -0.1) is 11.3 Å². The molecule has 5 heteroatoms. The number of nitrogen functional groups attached to an aromatic ring is 1. The van der Waals surface area contributed by atoms with Crippen molar-refractivity contribution in [2.24, 2.45) is 0 Å². The van der Waals surface area contributed by atoms with Crippen LogP contribution in [-0.2, 0) is 13.0 Å². The first-order valence-corrected chi connectivity index (χ1v) is 6.60. The van der Waals surface area contributed by atoms with Crippen LogP contribution in [0, 0.1) is 0 Å². The molecule has 0 aliphatic rings. The molecular weight excluding hydrogens is 248 g/mol. The summed E-state index contributed by atoms with van der Waals surface area (Å²) in [6.45, 7) is 2.50. The number of nitrogens with two attached hydrogens (primary N) is 1. The Morgan fingerprint density at radius 1 is 1.33 bits per heavy atom. The molecule has 0 saturated heterocycles. The van der Waals surface area contributed by atoms with E-state index >= 15 is 0 Å². The van der Waals surface area contributed by atoms with Gasteiger partial charge in [0.25, 0.3) is 0 Å². The number of rotatable bonds is 5. The number of anilines is 1. The Labute approximate surface area is 110 Å². The van der Waals surface area contributed by atoms with Gasteiger partial charge in [0.05, 0.1) is 12.8 Å². The number of hydrogen-bond acceptors (Lipinski definition) is 5. The van der Waals surface area contributed by atoms with Crippen LogP contribution in [-0.4, -0.2) is 12.1 Å². The molecule has 0 radical (unpaired) electrons. The highest BCUT2D eigenvalue weighted by atomic mass is 32.1. The van der Waals surface area contributed by atoms with Gasteiger partial charge in [-0.25, -0.2) is 4.98 Å². The minimum Gasteiger partial charge on any atom is -0.493 e. The van der Waals surface area contributed by atoms with Gasteiger partial charge in [-0.3, -0.25) is 0 Å². The second-order valence-corrected chi connectivity index (χ2v) is 4.69. The summed E-state index contributed by atoms with van der Waals surface area (Å²) in [7, 11) is 1.64. The molecule has 0 spiro atoms. The smallest absolute Gasteiger partial charge is 0.180 e. The summed E-state index contributed by atoms with van der Waals surface area (Å²) in [5.41, 5.74) is 7.62. The fourth-order valence-corrected chi connectivity index (χ4v) is 2.14. The van der Waals surface area contributed by atoms with Crippen molar-refractivity contribution in [1.82, 2.24) is 4.98 Å². The van der Waals surface area contributed by atoms with Gasteiger partial charge < -0.3 is 15.2 Å². The lowest BCUT2D eigenvalue weighted by molar-refractivity contribution is 0.281. The van der Waals surface area contributed by atoms with Crippen LogP contribution in [0.25, 0.3) is 0 Å². The Balaban J connectivity index is 2.08. The lowest BCUT2D eigenvalue weighted by Crippen LogP contribution is -1.99. The number of benzene rings is 1. The molecule has 18 heavy (non-hydrogen) atoms. The molecule has 0 aliphatic carbocycles. The van der Waals surface area contributed by atoms with E-state index in [1.54, 1.807) is 7.11 Å². The van der Waals surface area contributed by atoms with Gasteiger partial charge in [0, 0.05) is 5.38 Å². The highest BCUT2D eigenvalue weighted by Crippen LogP contribution is 2.29. The van der Waals surface area contributed by atoms with Gasteiger partial charge in [-0.2, -0.15) is 0 Å². The van der Waals surface area contributed by atoms with Crippen molar-refractivity contribution in [3.8, 4) is 11.5 Å². The number of thiazole rings is 1. The van der Waals surface area contributed by atoms with Crippen molar-refractivity contribution in [3.05, 3.63) is 34.8 Å². The van der Waals surface area contributed by atoms with Crippen molar-refractivity contribution in [2.75, 3.05) is 12.8 Å². The maximum absolute atomic E-state index is 5.69. The molecule has 0 unspecified atom stereocenters. The van der Waals surface area contributed by atoms with E-state index in [0.29, 0.717) is 11.7 Å². The molecule has 1 heterocycles. The lowest BCUT2D eigenvalue weighted by atomic mass is 10.1. The van der Waals surface area contributed by atoms with Crippen molar-refractivity contribution in [1.29, 1.82) is 0 Å². The quantitative estimate of drug-likeness (QED) is 0.902. The van der Waals surface area contributed by atoms with E-state index in [9.17, 15) is 0 Å². The summed E-state index contributed by atoms with van der Waals surface area (Å²) >= 11 is 1.41. The molecule has 0 amide bonds. The normalized spacial score (nSPS) is 10.3. The zero-order chi connectivity index (χ0) is 13.0. The second kappa shape index (κ2) is 5.73. The van der Waals surface area contributed by atoms with E-state index in [2.05, 4.69) is 11.9 Å². The summed E-state index contributed by atoms with van der Waals surface area (Å²) in [4.78, 5) is 4.15. The van der Waals surface area contributed by atoms with Crippen LogP contribution in [0.1, 0.15) is 18.2 Å². The molecule has 2 aromatic rings. The lowest BCUT2D eigenvalue weighted by Gasteiger charge is -2.10. The number of aryl methyl sites for hydroxylation is 1. The molecule has 0 atom stereocenters. The zero-order valence-corrected chi connectivity index (χ0v) is 11.3. The van der Waals surface area contributed by atoms with Gasteiger partial charge in [0.2, 0.25) is 0 Å². The number of aromatic nitrogens is 1. The number of ether oxygens (including phenoxy) is 2. The van der Waals surface area contributed by atoms with Gasteiger partial charge in [-0.05, 0) is 24.1 Å². The molecular formula is C13H16N2O2S. The summed E-state index contributed by atoms with van der Waals surface area (Å²) in [5, 5.41) is 2.45. The molecule has 0 saturated carbocycles. The van der Waals surface area contributed by atoms with Crippen molar-refractivity contribution < 1.29 is 9.47 Å². The predicted molar refractivity (Wildman–Crippen MR) is 73.2 cm³/mol. The first-order chi connectivity index (χ1) is 8.72. The standard InChI is InChI=1S/C13H16N2O2S/c1-3-9-4-5-11(12(6-9)16-2)17-7-10-8-18-13(14)15-10/h4-6,8H,3,7H2,1-2H3,(H2,14,15). The predicted octanol–water partition coefficient (Wildman–Crippen LogP) is 2.88. The van der Waals surface area contributed by atoms with E-state index in [1.807, 2.05) is 23.6 Å². The molecule has 2 N–H and O–H groups in total. The number of hydrogen-bond donors (Lipinski definition) is 1. The highest BCUT2D eigenvalue weighted by molar-refractivity contribution is 7.13. The maximum Gasteiger partial charge on any atom is 0.180 e. The minimum atomic E-state index is 0.398. The second-order valence-electron chi connectivity index (χ2n) is 3.80. The SMILES string of the molecule is CCc1ccc(OCc2csc(N)n2)c(OC)c1. The Kier molecular flexibility index (Phi) is 4.04. The third-order valence-electron chi connectivity index (χ3n) is 2.58. The third-order valence-corrected chi connectivity index (χ3v) is 3.30. The number of methoxy groups -OCH3 is 1. The largest absolute Gasteiger partial charge is 0.493 e. The average molecular weight is 264 g/mol. The fourth-order valence-electron chi connectivity index (χ4n) is 1.59. The minimum absolute atomic E-state index is 0.398. The van der Waals surface area contributed by atoms with Crippen molar-refractivity contribution in [3.63, 3.8) is 0 Å². The highest BCUT2D eigenvalue weighted by Gasteiger charge is 2.06. The van der Waals surface area contributed by atoms with E-state index < -0.39 is 0 Å². The van der Waals surface area contributed by atoms with Gasteiger partial charge in [-0.1, -0.05) is 13.0 Å². The molecule has 0 bridgehead atoms. The Hall–Kier alpha value is -1.75. The zero-order valence-electron chi connectivity index (χ0n) is 10.5. The maximum atomic E-state index is 5.69. The monoisotopic (exact) mass is 264 g/mol. The third kappa shape index (κ3) is 2.92.